The van der Waals surface area contributed by atoms with Gasteiger partial charge in [-0.25, -0.2) is 0 Å². The first-order valence-electron chi connectivity index (χ1n) is 5.30. The molecule has 0 bridgehead atoms. The van der Waals surface area contributed by atoms with E-state index in [9.17, 15) is 9.59 Å². The van der Waals surface area contributed by atoms with E-state index in [2.05, 4.69) is 16.4 Å². The molecule has 0 saturated carbocycles. The standard InChI is InChI=1S/C6H12O2.C5H10O3/c1-3-4-5-8-6(2)7;1-4(3-8-2)5(6)7/h3-5H2,1-2H3;4H,3H2,1-2H3,(H,6,7). The zero-order chi connectivity index (χ0) is 13.0. The van der Waals surface area contributed by atoms with Crippen molar-refractivity contribution in [3.05, 3.63) is 0 Å². The molecule has 1 atom stereocenters. The van der Waals surface area contributed by atoms with Gasteiger partial charge in [0.2, 0.25) is 0 Å². The average molecular weight is 234 g/mol. The Hall–Kier alpha value is -1.10. The van der Waals surface area contributed by atoms with Crippen molar-refractivity contribution in [3.63, 3.8) is 0 Å². The van der Waals surface area contributed by atoms with Gasteiger partial charge in [0.15, 0.2) is 0 Å². The molecule has 5 nitrogen and oxygen atoms in total. The Bertz CT molecular complexity index is 191. The van der Waals surface area contributed by atoms with Crippen LogP contribution in [0.1, 0.15) is 33.6 Å². The number of carbonyl (C=O) groups is 2. The Morgan fingerprint density at radius 1 is 1.38 bits per heavy atom. The second kappa shape index (κ2) is 12.0. The SMILES string of the molecule is CCCCOC(C)=O.COCC(C)C(=O)O. The summed E-state index contributed by atoms with van der Waals surface area (Å²) in [5, 5.41) is 8.23. The molecule has 0 aliphatic heterocycles. The van der Waals surface area contributed by atoms with E-state index < -0.39 is 5.97 Å². The van der Waals surface area contributed by atoms with E-state index in [0.717, 1.165) is 12.8 Å². The van der Waals surface area contributed by atoms with E-state index in [0.29, 0.717) is 6.61 Å². The number of carboxylic acids is 1. The van der Waals surface area contributed by atoms with Crippen LogP contribution in [0.15, 0.2) is 0 Å². The number of aliphatic carboxylic acids is 1. The number of rotatable bonds is 6. The van der Waals surface area contributed by atoms with Crippen molar-refractivity contribution in [2.75, 3.05) is 20.3 Å². The lowest BCUT2D eigenvalue weighted by molar-refractivity contribution is -0.143. The summed E-state index contributed by atoms with van der Waals surface area (Å²) in [5.74, 6) is -1.38. The summed E-state index contributed by atoms with van der Waals surface area (Å²) in [5.41, 5.74) is 0. The van der Waals surface area contributed by atoms with Gasteiger partial charge in [0.25, 0.3) is 0 Å². The number of hydrogen-bond donors (Lipinski definition) is 1. The minimum atomic E-state index is -0.813. The van der Waals surface area contributed by atoms with Crippen molar-refractivity contribution in [2.45, 2.75) is 33.6 Å². The fourth-order valence-electron chi connectivity index (χ4n) is 0.682. The third-order valence-electron chi connectivity index (χ3n) is 1.64. The quantitative estimate of drug-likeness (QED) is 0.559. The second-order valence-corrected chi connectivity index (χ2v) is 3.39. The Morgan fingerprint density at radius 2 is 1.94 bits per heavy atom. The number of hydrogen-bond acceptors (Lipinski definition) is 4. The molecular weight excluding hydrogens is 212 g/mol. The Labute approximate surface area is 96.7 Å². The molecule has 16 heavy (non-hydrogen) atoms. The highest BCUT2D eigenvalue weighted by Gasteiger charge is 2.08. The maximum Gasteiger partial charge on any atom is 0.308 e. The van der Waals surface area contributed by atoms with Crippen molar-refractivity contribution >= 4 is 11.9 Å². The van der Waals surface area contributed by atoms with Crippen LogP contribution in [0.4, 0.5) is 0 Å². The summed E-state index contributed by atoms with van der Waals surface area (Å²) in [6, 6.07) is 0. The number of methoxy groups -OCH3 is 1. The zero-order valence-electron chi connectivity index (χ0n) is 10.5. The predicted octanol–water partition coefficient (Wildman–Crippen LogP) is 1.70. The van der Waals surface area contributed by atoms with Crippen LogP contribution in [-0.4, -0.2) is 37.4 Å². The molecule has 0 aromatic carbocycles. The molecule has 0 fully saturated rings. The lowest BCUT2D eigenvalue weighted by atomic mass is 10.2. The summed E-state index contributed by atoms with van der Waals surface area (Å²) >= 11 is 0. The largest absolute Gasteiger partial charge is 0.481 e. The van der Waals surface area contributed by atoms with Crippen LogP contribution in [0.5, 0.6) is 0 Å². The summed E-state index contributed by atoms with van der Waals surface area (Å²) in [6.45, 7) is 5.95. The van der Waals surface area contributed by atoms with E-state index >= 15 is 0 Å². The number of esters is 1. The molecule has 1 N–H and O–H groups in total. The van der Waals surface area contributed by atoms with Crippen LogP contribution in [0.25, 0.3) is 0 Å². The highest BCUT2D eigenvalue weighted by Crippen LogP contribution is 1.92. The molecule has 0 aromatic heterocycles. The van der Waals surface area contributed by atoms with Gasteiger partial charge in [-0.05, 0) is 13.3 Å². The predicted molar refractivity (Wildman–Crippen MR) is 60.2 cm³/mol. The topological polar surface area (TPSA) is 72.8 Å². The molecule has 1 unspecified atom stereocenters. The molecule has 0 amide bonds. The van der Waals surface area contributed by atoms with Crippen molar-refractivity contribution in [1.29, 1.82) is 0 Å². The third-order valence-corrected chi connectivity index (χ3v) is 1.64. The first-order valence-corrected chi connectivity index (χ1v) is 5.30. The Morgan fingerprint density at radius 3 is 2.19 bits per heavy atom. The summed E-state index contributed by atoms with van der Waals surface area (Å²) in [6.07, 6.45) is 2.05. The Balaban J connectivity index is 0. The van der Waals surface area contributed by atoms with Gasteiger partial charge in [0.1, 0.15) is 0 Å². The molecule has 0 aliphatic rings. The van der Waals surface area contributed by atoms with Gasteiger partial charge < -0.3 is 14.6 Å². The van der Waals surface area contributed by atoms with E-state index in [1.165, 1.54) is 14.0 Å². The van der Waals surface area contributed by atoms with Gasteiger partial charge in [-0.1, -0.05) is 13.3 Å². The van der Waals surface area contributed by atoms with Crippen molar-refractivity contribution in [2.24, 2.45) is 5.92 Å². The summed E-state index contributed by atoms with van der Waals surface area (Å²) < 4.78 is 9.23. The van der Waals surface area contributed by atoms with E-state index in [-0.39, 0.29) is 18.5 Å². The number of carbonyl (C=O) groups excluding carboxylic acids is 1. The minimum Gasteiger partial charge on any atom is -0.481 e. The molecule has 0 aliphatic carbocycles. The van der Waals surface area contributed by atoms with Crippen molar-refractivity contribution in [3.8, 4) is 0 Å². The van der Waals surface area contributed by atoms with Gasteiger partial charge in [0, 0.05) is 14.0 Å². The highest BCUT2D eigenvalue weighted by molar-refractivity contribution is 5.69. The lowest BCUT2D eigenvalue weighted by Crippen LogP contribution is -2.14. The minimum absolute atomic E-state index is 0.182. The van der Waals surface area contributed by atoms with E-state index in [4.69, 9.17) is 5.11 Å². The van der Waals surface area contributed by atoms with Gasteiger partial charge in [-0.2, -0.15) is 0 Å². The Kier molecular flexibility index (Phi) is 12.9. The molecule has 0 saturated heterocycles. The zero-order valence-corrected chi connectivity index (χ0v) is 10.5. The van der Waals surface area contributed by atoms with Gasteiger partial charge in [-0.3, -0.25) is 9.59 Å². The second-order valence-electron chi connectivity index (χ2n) is 3.39. The number of ether oxygens (including phenoxy) is 2. The molecular formula is C11H22O5. The van der Waals surface area contributed by atoms with Crippen LogP contribution in [0.3, 0.4) is 0 Å². The summed E-state index contributed by atoms with van der Waals surface area (Å²) in [4.78, 5) is 20.1. The molecule has 0 spiro atoms. The average Bonchev–Trinajstić information content (AvgIpc) is 2.19. The molecule has 0 rings (SSSR count). The van der Waals surface area contributed by atoms with Crippen LogP contribution in [0.2, 0.25) is 0 Å². The van der Waals surface area contributed by atoms with Gasteiger partial charge in [-0.15, -0.1) is 0 Å². The fraction of sp³-hybridized carbons (Fsp3) is 0.818. The molecule has 0 heterocycles. The molecule has 5 heteroatoms. The molecule has 0 radical (unpaired) electrons. The van der Waals surface area contributed by atoms with Gasteiger partial charge >= 0.3 is 11.9 Å². The first kappa shape index (κ1) is 17.3. The number of unbranched alkanes of at least 4 members (excludes halogenated alkanes) is 1. The van der Waals surface area contributed by atoms with Gasteiger partial charge in [0.05, 0.1) is 19.1 Å². The van der Waals surface area contributed by atoms with E-state index in [1.54, 1.807) is 6.92 Å². The highest BCUT2D eigenvalue weighted by atomic mass is 16.5. The lowest BCUT2D eigenvalue weighted by Gasteiger charge is -2.01. The van der Waals surface area contributed by atoms with E-state index in [1.807, 2.05) is 0 Å². The third kappa shape index (κ3) is 15.4. The summed E-state index contributed by atoms with van der Waals surface area (Å²) in [7, 11) is 1.49. The molecule has 96 valence electrons. The van der Waals surface area contributed by atoms with Crippen LogP contribution >= 0.6 is 0 Å². The monoisotopic (exact) mass is 234 g/mol. The molecule has 0 aromatic rings. The first-order chi connectivity index (χ1) is 7.45. The van der Waals surface area contributed by atoms with Crippen LogP contribution in [-0.2, 0) is 19.1 Å². The maximum absolute atomic E-state index is 10.1. The maximum atomic E-state index is 10.1. The fourth-order valence-corrected chi connectivity index (χ4v) is 0.682. The van der Waals surface area contributed by atoms with Crippen LogP contribution < -0.4 is 0 Å². The van der Waals surface area contributed by atoms with Crippen LogP contribution in [0, 0.1) is 5.92 Å². The smallest absolute Gasteiger partial charge is 0.308 e. The van der Waals surface area contributed by atoms with Crippen molar-refractivity contribution < 1.29 is 24.2 Å². The van der Waals surface area contributed by atoms with Crippen molar-refractivity contribution in [1.82, 2.24) is 0 Å². The number of carboxylic acid groups (broad SMARTS) is 1. The normalized spacial score (nSPS) is 11.0.